The number of hydrogen-bond acceptors (Lipinski definition) is 3. The second-order valence-corrected chi connectivity index (χ2v) is 4.66. The lowest BCUT2D eigenvalue weighted by Gasteiger charge is -2.18. The maximum absolute atomic E-state index is 13.8. The highest BCUT2D eigenvalue weighted by Crippen LogP contribution is 2.46. The lowest BCUT2D eigenvalue weighted by molar-refractivity contribution is 0.234. The number of aromatic nitrogens is 2. The molecule has 19 heavy (non-hydrogen) atoms. The summed E-state index contributed by atoms with van der Waals surface area (Å²) >= 11 is 0. The fraction of sp³-hybridized carbons (Fsp3) is 0.231. The molecule has 0 bridgehead atoms. The average Bonchev–Trinajstić information content (AvgIpc) is 3.02. The third-order valence-corrected chi connectivity index (χ3v) is 3.35. The molecule has 1 amide bonds. The SMILES string of the molecule is Nc1ccnn1C(=O)NC1(c2ccccc2F)CC1. The van der Waals surface area contributed by atoms with Crippen LogP contribution in [-0.2, 0) is 5.54 Å². The Balaban J connectivity index is 1.86. The Labute approximate surface area is 109 Å². The Morgan fingerprint density at radius 2 is 2.11 bits per heavy atom. The lowest BCUT2D eigenvalue weighted by Crippen LogP contribution is -2.39. The van der Waals surface area contributed by atoms with E-state index in [-0.39, 0.29) is 11.6 Å². The number of nitrogens with zero attached hydrogens (tertiary/aromatic N) is 2. The lowest BCUT2D eigenvalue weighted by atomic mass is 10.0. The molecule has 98 valence electrons. The number of halogens is 1. The van der Waals surface area contributed by atoms with E-state index in [1.54, 1.807) is 18.2 Å². The van der Waals surface area contributed by atoms with Crippen LogP contribution in [-0.4, -0.2) is 15.8 Å². The fourth-order valence-electron chi connectivity index (χ4n) is 2.18. The van der Waals surface area contributed by atoms with Crippen molar-refractivity contribution in [2.24, 2.45) is 0 Å². The third-order valence-electron chi connectivity index (χ3n) is 3.35. The topological polar surface area (TPSA) is 72.9 Å². The highest BCUT2D eigenvalue weighted by Gasteiger charge is 2.47. The summed E-state index contributed by atoms with van der Waals surface area (Å²) in [7, 11) is 0. The zero-order valence-electron chi connectivity index (χ0n) is 10.1. The molecule has 1 aromatic heterocycles. The van der Waals surface area contributed by atoms with Gasteiger partial charge in [0, 0.05) is 11.6 Å². The monoisotopic (exact) mass is 260 g/mol. The van der Waals surface area contributed by atoms with Crippen LogP contribution in [0.15, 0.2) is 36.5 Å². The van der Waals surface area contributed by atoms with Gasteiger partial charge in [0.25, 0.3) is 0 Å². The summed E-state index contributed by atoms with van der Waals surface area (Å²) in [5, 5.41) is 6.64. The highest BCUT2D eigenvalue weighted by molar-refractivity contribution is 5.80. The van der Waals surface area contributed by atoms with Gasteiger partial charge in [-0.05, 0) is 18.9 Å². The molecule has 1 saturated carbocycles. The molecular weight excluding hydrogens is 247 g/mol. The molecule has 1 heterocycles. The van der Waals surface area contributed by atoms with Gasteiger partial charge in [0.1, 0.15) is 11.6 Å². The van der Waals surface area contributed by atoms with Gasteiger partial charge in [0.15, 0.2) is 0 Å². The Kier molecular flexibility index (Phi) is 2.51. The molecule has 1 aliphatic carbocycles. The van der Waals surface area contributed by atoms with Crippen LogP contribution in [0.5, 0.6) is 0 Å². The van der Waals surface area contributed by atoms with Gasteiger partial charge in [-0.1, -0.05) is 18.2 Å². The molecule has 0 unspecified atom stereocenters. The number of nitrogen functional groups attached to an aromatic ring is 1. The number of rotatable bonds is 2. The number of amides is 1. The van der Waals surface area contributed by atoms with Gasteiger partial charge in [-0.25, -0.2) is 9.18 Å². The summed E-state index contributed by atoms with van der Waals surface area (Å²) in [6, 6.07) is 7.55. The van der Waals surface area contributed by atoms with Gasteiger partial charge < -0.3 is 11.1 Å². The van der Waals surface area contributed by atoms with Gasteiger partial charge in [0.2, 0.25) is 0 Å². The summed E-state index contributed by atoms with van der Waals surface area (Å²) in [4.78, 5) is 12.1. The first-order valence-electron chi connectivity index (χ1n) is 5.99. The minimum Gasteiger partial charge on any atom is -0.383 e. The van der Waals surface area contributed by atoms with E-state index in [0.717, 1.165) is 4.68 Å². The third kappa shape index (κ3) is 1.95. The summed E-state index contributed by atoms with van der Waals surface area (Å²) in [5.41, 5.74) is 5.50. The largest absolute Gasteiger partial charge is 0.383 e. The molecule has 1 aromatic carbocycles. The summed E-state index contributed by atoms with van der Waals surface area (Å²) in [6.07, 6.45) is 2.86. The zero-order valence-corrected chi connectivity index (χ0v) is 10.1. The minimum atomic E-state index is -0.624. The number of carbonyl (C=O) groups excluding carboxylic acids is 1. The average molecular weight is 260 g/mol. The second-order valence-electron chi connectivity index (χ2n) is 4.66. The molecule has 0 aliphatic heterocycles. The van der Waals surface area contributed by atoms with Crippen LogP contribution < -0.4 is 11.1 Å². The number of nitrogens with two attached hydrogens (primary N) is 1. The van der Waals surface area contributed by atoms with Crippen molar-refractivity contribution in [1.82, 2.24) is 15.1 Å². The molecule has 0 spiro atoms. The number of carbonyl (C=O) groups is 1. The Hall–Kier alpha value is -2.37. The molecule has 0 saturated heterocycles. The normalized spacial score (nSPS) is 16.1. The van der Waals surface area contributed by atoms with Crippen molar-refractivity contribution in [1.29, 1.82) is 0 Å². The van der Waals surface area contributed by atoms with E-state index in [4.69, 9.17) is 5.73 Å². The summed E-state index contributed by atoms with van der Waals surface area (Å²) < 4.78 is 14.9. The van der Waals surface area contributed by atoms with E-state index < -0.39 is 11.6 Å². The van der Waals surface area contributed by atoms with Crippen molar-refractivity contribution in [3.63, 3.8) is 0 Å². The predicted molar refractivity (Wildman–Crippen MR) is 67.9 cm³/mol. The van der Waals surface area contributed by atoms with E-state index in [2.05, 4.69) is 10.4 Å². The van der Waals surface area contributed by atoms with Crippen molar-refractivity contribution in [3.05, 3.63) is 47.9 Å². The van der Waals surface area contributed by atoms with Crippen molar-refractivity contribution in [3.8, 4) is 0 Å². The Morgan fingerprint density at radius 3 is 2.68 bits per heavy atom. The van der Waals surface area contributed by atoms with Crippen LogP contribution >= 0.6 is 0 Å². The molecule has 5 nitrogen and oxygen atoms in total. The van der Waals surface area contributed by atoms with Crippen LogP contribution in [0.4, 0.5) is 15.0 Å². The summed E-state index contributed by atoms with van der Waals surface area (Å²) in [5.74, 6) is -0.0597. The van der Waals surface area contributed by atoms with Gasteiger partial charge in [-0.3, -0.25) is 0 Å². The number of anilines is 1. The summed E-state index contributed by atoms with van der Waals surface area (Å²) in [6.45, 7) is 0. The van der Waals surface area contributed by atoms with Crippen LogP contribution in [0, 0.1) is 5.82 Å². The molecule has 0 radical (unpaired) electrons. The van der Waals surface area contributed by atoms with Crippen molar-refractivity contribution in [2.45, 2.75) is 18.4 Å². The van der Waals surface area contributed by atoms with E-state index in [1.165, 1.54) is 18.3 Å². The smallest absolute Gasteiger partial charge is 0.344 e. The standard InChI is InChI=1S/C13H13FN4O/c14-10-4-2-1-3-9(10)13(6-7-13)17-12(19)18-11(15)5-8-16-18/h1-5,8H,6-7,15H2,(H,17,19). The van der Waals surface area contributed by atoms with Crippen LogP contribution in [0.1, 0.15) is 18.4 Å². The van der Waals surface area contributed by atoms with E-state index in [1.807, 2.05) is 0 Å². The van der Waals surface area contributed by atoms with Gasteiger partial charge in [-0.2, -0.15) is 9.78 Å². The van der Waals surface area contributed by atoms with Crippen LogP contribution in [0.3, 0.4) is 0 Å². The maximum Gasteiger partial charge on any atom is 0.344 e. The van der Waals surface area contributed by atoms with E-state index >= 15 is 0 Å². The maximum atomic E-state index is 13.8. The number of nitrogens with one attached hydrogen (secondary N) is 1. The Bertz CT molecular complexity index is 633. The quantitative estimate of drug-likeness (QED) is 0.865. The first kappa shape index (κ1) is 11.7. The van der Waals surface area contributed by atoms with Gasteiger partial charge in [-0.15, -0.1) is 0 Å². The zero-order chi connectivity index (χ0) is 13.5. The molecular formula is C13H13FN4O. The fourth-order valence-corrected chi connectivity index (χ4v) is 2.18. The molecule has 6 heteroatoms. The molecule has 2 aromatic rings. The first-order chi connectivity index (χ1) is 9.12. The molecule has 1 aliphatic rings. The molecule has 3 rings (SSSR count). The Morgan fingerprint density at radius 1 is 1.37 bits per heavy atom. The van der Waals surface area contributed by atoms with Gasteiger partial charge in [0.05, 0.1) is 11.7 Å². The first-order valence-corrected chi connectivity index (χ1v) is 5.99. The van der Waals surface area contributed by atoms with Crippen LogP contribution in [0.2, 0.25) is 0 Å². The molecule has 0 atom stereocenters. The minimum absolute atomic E-state index is 0.252. The van der Waals surface area contributed by atoms with Crippen LogP contribution in [0.25, 0.3) is 0 Å². The molecule has 3 N–H and O–H groups in total. The van der Waals surface area contributed by atoms with Crippen molar-refractivity contribution >= 4 is 11.8 Å². The van der Waals surface area contributed by atoms with E-state index in [9.17, 15) is 9.18 Å². The van der Waals surface area contributed by atoms with Crippen molar-refractivity contribution in [2.75, 3.05) is 5.73 Å². The van der Waals surface area contributed by atoms with Crippen molar-refractivity contribution < 1.29 is 9.18 Å². The van der Waals surface area contributed by atoms with Gasteiger partial charge >= 0.3 is 6.03 Å². The number of benzene rings is 1. The second kappa shape index (κ2) is 4.08. The predicted octanol–water partition coefficient (Wildman–Crippen LogP) is 1.85. The molecule has 1 fully saturated rings. The highest BCUT2D eigenvalue weighted by atomic mass is 19.1. The van der Waals surface area contributed by atoms with E-state index in [0.29, 0.717) is 18.4 Å². The number of hydrogen-bond donors (Lipinski definition) is 2.